The number of halogens is 1. The second kappa shape index (κ2) is 10.6. The van der Waals surface area contributed by atoms with Crippen LogP contribution in [-0.4, -0.2) is 60.2 Å². The number of hydrogen-bond acceptors (Lipinski definition) is 8. The molecule has 0 amide bonds. The van der Waals surface area contributed by atoms with Crippen LogP contribution in [-0.2, 0) is 11.8 Å². The van der Waals surface area contributed by atoms with Gasteiger partial charge in [0.2, 0.25) is 0 Å². The lowest BCUT2D eigenvalue weighted by molar-refractivity contribution is 0.327. The minimum atomic E-state index is -0.659. The van der Waals surface area contributed by atoms with E-state index in [1.807, 2.05) is 61.7 Å². The largest absolute Gasteiger partial charge is 0.356 e. The van der Waals surface area contributed by atoms with E-state index in [1.54, 1.807) is 34.0 Å². The Kier molecular flexibility index (Phi) is 6.56. The molecule has 0 radical (unpaired) electrons. The first-order valence-corrected chi connectivity index (χ1v) is 14.4. The number of benzene rings is 1. The van der Waals surface area contributed by atoms with E-state index in [1.165, 1.54) is 12.1 Å². The Morgan fingerprint density at radius 1 is 1.00 bits per heavy atom. The number of rotatable bonds is 5. The average molecular weight is 586 g/mol. The molecule has 11 heteroatoms. The second-order valence-electron chi connectivity index (χ2n) is 11.3. The maximum absolute atomic E-state index is 13.9. The Morgan fingerprint density at radius 2 is 1.84 bits per heavy atom. The van der Waals surface area contributed by atoms with Crippen LogP contribution in [0.5, 0.6) is 0 Å². The third-order valence-corrected chi connectivity index (χ3v) is 8.72. The summed E-state index contributed by atoms with van der Waals surface area (Å²) in [5.74, 6) is 2.67. The van der Waals surface area contributed by atoms with Crippen molar-refractivity contribution in [3.8, 4) is 28.3 Å². The van der Waals surface area contributed by atoms with Gasteiger partial charge >= 0.3 is 0 Å². The van der Waals surface area contributed by atoms with Gasteiger partial charge in [-0.2, -0.15) is 15.5 Å². The van der Waals surface area contributed by atoms with Gasteiger partial charge in [-0.15, -0.1) is 0 Å². The summed E-state index contributed by atoms with van der Waals surface area (Å²) in [7, 11) is 1.87. The van der Waals surface area contributed by atoms with Gasteiger partial charge in [0.25, 0.3) is 0 Å². The summed E-state index contributed by atoms with van der Waals surface area (Å²) in [6, 6.07) is 14.4. The maximum Gasteiger partial charge on any atom is 0.148 e. The Balaban J connectivity index is 1.12. The molecule has 1 saturated heterocycles. The molecule has 0 unspecified atom stereocenters. The molecule has 0 saturated carbocycles. The number of nitriles is 1. The minimum Gasteiger partial charge on any atom is -0.356 e. The van der Waals surface area contributed by atoms with Gasteiger partial charge < -0.3 is 9.80 Å². The number of aliphatic imine (C=N–C) groups is 1. The monoisotopic (exact) mass is 585 g/mol. The van der Waals surface area contributed by atoms with E-state index >= 15 is 0 Å². The normalized spacial score (nSPS) is 16.5. The summed E-state index contributed by atoms with van der Waals surface area (Å²) in [6.07, 6.45) is 12.0. The van der Waals surface area contributed by atoms with Crippen LogP contribution in [0.4, 0.5) is 10.2 Å². The number of anilines is 1. The molecule has 10 nitrogen and oxygen atoms in total. The van der Waals surface area contributed by atoms with E-state index in [9.17, 15) is 14.4 Å². The average Bonchev–Trinajstić information content (AvgIpc) is 3.77. The molecule has 2 aliphatic heterocycles. The predicted molar refractivity (Wildman–Crippen MR) is 164 cm³/mol. The van der Waals surface area contributed by atoms with Crippen molar-refractivity contribution in [2.45, 2.75) is 31.3 Å². The van der Waals surface area contributed by atoms with E-state index in [0.717, 1.165) is 39.2 Å². The van der Waals surface area contributed by atoms with E-state index < -0.39 is 5.54 Å². The lowest BCUT2D eigenvalue weighted by Gasteiger charge is -2.39. The van der Waals surface area contributed by atoms with Gasteiger partial charge in [-0.05, 0) is 55.7 Å². The number of aromatic nitrogens is 5. The maximum atomic E-state index is 13.9. The van der Waals surface area contributed by atoms with Crippen molar-refractivity contribution >= 4 is 23.6 Å². The second-order valence-corrected chi connectivity index (χ2v) is 11.3. The quantitative estimate of drug-likeness (QED) is 0.268. The van der Waals surface area contributed by atoms with Crippen LogP contribution in [0.3, 0.4) is 0 Å². The molecule has 1 aromatic carbocycles. The van der Waals surface area contributed by atoms with Crippen molar-refractivity contribution in [1.82, 2.24) is 29.3 Å². The first-order chi connectivity index (χ1) is 21.4. The summed E-state index contributed by atoms with van der Waals surface area (Å²) >= 11 is 0. The summed E-state index contributed by atoms with van der Waals surface area (Å²) in [6.45, 7) is 3.24. The molecule has 0 bridgehead atoms. The van der Waals surface area contributed by atoms with Crippen molar-refractivity contribution in [3.63, 3.8) is 0 Å². The fraction of sp³-hybridized carbons (Fsp3) is 0.242. The number of hydrogen-bond donors (Lipinski definition) is 0. The Labute approximate surface area is 253 Å². The van der Waals surface area contributed by atoms with Gasteiger partial charge in [-0.1, -0.05) is 12.1 Å². The highest BCUT2D eigenvalue weighted by Crippen LogP contribution is 2.42. The van der Waals surface area contributed by atoms with E-state index in [-0.39, 0.29) is 11.9 Å². The predicted octanol–water partition coefficient (Wildman–Crippen LogP) is 4.97. The van der Waals surface area contributed by atoms with Crippen LogP contribution in [0.25, 0.3) is 27.8 Å². The fourth-order valence-corrected chi connectivity index (χ4v) is 6.26. The molecular formula is C33H28FN9O. The standard InChI is InChI=1S/C33H28FN9O/c1-22(23-4-3-5-28(34)12-23)42-21-37-33(30(42)20-44)8-10-41(11-9-33)31-7-6-24(15-36-31)29-13-25(27-17-38-40(2)18-27)19-43-32(29)26(14-35)16-39-43/h3-7,12-13,15-19,21-22H,8-11H2,1-2H3/t22-/m0/s1. The van der Waals surface area contributed by atoms with Gasteiger partial charge in [0.15, 0.2) is 0 Å². The van der Waals surface area contributed by atoms with E-state index in [4.69, 9.17) is 9.98 Å². The van der Waals surface area contributed by atoms with Crippen LogP contribution in [0.15, 0.2) is 84.1 Å². The first kappa shape index (κ1) is 27.3. The number of nitrogens with zero attached hydrogens (tertiary/aromatic N) is 9. The number of fused-ring (bicyclic) bond motifs is 1. The van der Waals surface area contributed by atoms with Gasteiger partial charge in [-0.3, -0.25) is 9.67 Å². The van der Waals surface area contributed by atoms with Gasteiger partial charge in [0, 0.05) is 61.0 Å². The van der Waals surface area contributed by atoms with E-state index in [2.05, 4.69) is 27.1 Å². The third-order valence-electron chi connectivity index (χ3n) is 8.72. The number of piperidine rings is 1. The molecule has 5 aromatic rings. The number of carbonyl (C=O) groups excluding carboxylic acids is 1. The number of pyridine rings is 2. The summed E-state index contributed by atoms with van der Waals surface area (Å²) in [5.41, 5.74) is 5.39. The molecule has 2 aliphatic rings. The third kappa shape index (κ3) is 4.53. The van der Waals surface area contributed by atoms with E-state index in [0.29, 0.717) is 37.2 Å². The zero-order valence-electron chi connectivity index (χ0n) is 24.2. The van der Waals surface area contributed by atoms with Crippen molar-refractivity contribution in [2.75, 3.05) is 18.0 Å². The smallest absolute Gasteiger partial charge is 0.148 e. The highest BCUT2D eigenvalue weighted by Gasteiger charge is 2.46. The minimum absolute atomic E-state index is 0.252. The van der Waals surface area contributed by atoms with Crippen molar-refractivity contribution in [2.24, 2.45) is 12.0 Å². The molecule has 0 aliphatic carbocycles. The first-order valence-electron chi connectivity index (χ1n) is 14.4. The zero-order chi connectivity index (χ0) is 30.4. The van der Waals surface area contributed by atoms with Gasteiger partial charge in [-0.25, -0.2) is 18.7 Å². The van der Waals surface area contributed by atoms with Crippen LogP contribution in [0.1, 0.15) is 36.9 Å². The zero-order valence-corrected chi connectivity index (χ0v) is 24.2. The van der Waals surface area contributed by atoms with Crippen LogP contribution < -0.4 is 4.90 Å². The lowest BCUT2D eigenvalue weighted by Crippen LogP contribution is -2.45. The van der Waals surface area contributed by atoms with Gasteiger partial charge in [0.05, 0.1) is 35.9 Å². The van der Waals surface area contributed by atoms with Crippen LogP contribution >= 0.6 is 0 Å². The molecule has 1 spiro atoms. The van der Waals surface area contributed by atoms with Gasteiger partial charge in [0.1, 0.15) is 34.9 Å². The highest BCUT2D eigenvalue weighted by atomic mass is 19.1. The molecular weight excluding hydrogens is 557 g/mol. The van der Waals surface area contributed by atoms with Crippen molar-refractivity contribution in [1.29, 1.82) is 5.26 Å². The summed E-state index contributed by atoms with van der Waals surface area (Å²) < 4.78 is 17.4. The molecule has 6 heterocycles. The molecule has 4 aromatic heterocycles. The Hall–Kier alpha value is -5.59. The Morgan fingerprint density at radius 3 is 2.52 bits per heavy atom. The topological polar surface area (TPSA) is 108 Å². The van der Waals surface area contributed by atoms with Crippen LogP contribution in [0.2, 0.25) is 0 Å². The molecule has 0 N–H and O–H groups in total. The van der Waals surface area contributed by atoms with Crippen molar-refractivity contribution in [3.05, 3.63) is 96.1 Å². The SMILES string of the molecule is C[C@@H](c1cccc(F)c1)N1C=NC2(CCN(c3ccc(-c4cc(-c5cnn(C)c5)cn5ncc(C#N)c45)cn3)CC2)C1=C=O. The molecule has 44 heavy (non-hydrogen) atoms. The lowest BCUT2D eigenvalue weighted by atomic mass is 9.85. The summed E-state index contributed by atoms with van der Waals surface area (Å²) in [4.78, 5) is 25.9. The molecule has 7 rings (SSSR count). The summed E-state index contributed by atoms with van der Waals surface area (Å²) in [5, 5.41) is 18.5. The molecule has 1 fully saturated rings. The fourth-order valence-electron chi connectivity index (χ4n) is 6.26. The van der Waals surface area contributed by atoms with Crippen LogP contribution in [0, 0.1) is 17.1 Å². The molecule has 218 valence electrons. The molecule has 1 atom stereocenters. The Bertz CT molecular complexity index is 2000. The highest BCUT2D eigenvalue weighted by molar-refractivity contribution is 5.87. The number of aryl methyl sites for hydroxylation is 1. The van der Waals surface area contributed by atoms with Crippen molar-refractivity contribution < 1.29 is 9.18 Å².